The smallest absolute Gasteiger partial charge is 0.330 e. The Morgan fingerprint density at radius 2 is 1.55 bits per heavy atom. The highest BCUT2D eigenvalue weighted by Gasteiger charge is 2.17. The first kappa shape index (κ1) is 20.9. The van der Waals surface area contributed by atoms with Gasteiger partial charge in [0, 0.05) is 0 Å². The third-order valence-corrected chi connectivity index (χ3v) is 3.47. The predicted molar refractivity (Wildman–Crippen MR) is 85.7 cm³/mol. The van der Waals surface area contributed by atoms with Gasteiger partial charge in [-0.1, -0.05) is 51.9 Å². The van der Waals surface area contributed by atoms with Gasteiger partial charge in [0.1, 0.15) is 6.04 Å². The van der Waals surface area contributed by atoms with Crippen LogP contribution < -0.4 is 11.5 Å². The molecular formula is C16H32N2O4. The minimum absolute atomic E-state index is 0.267. The molecule has 0 aliphatic rings. The van der Waals surface area contributed by atoms with Crippen LogP contribution in [0.15, 0.2) is 0 Å². The molecule has 4 N–H and O–H groups in total. The molecule has 0 aliphatic heterocycles. The molecule has 0 spiro atoms. The third-order valence-electron chi connectivity index (χ3n) is 3.47. The summed E-state index contributed by atoms with van der Waals surface area (Å²) in [5, 5.41) is 0. The van der Waals surface area contributed by atoms with Crippen LogP contribution in [0.5, 0.6) is 0 Å². The van der Waals surface area contributed by atoms with E-state index in [9.17, 15) is 9.59 Å². The molecule has 6 heteroatoms. The second-order valence-electron chi connectivity index (χ2n) is 5.62. The standard InChI is InChI=1S/C16H32N2O4/c1-2-3-4-5-6-7-8-12-15(19)21-22-16(20)14(18)11-9-10-13-17/h14H,2-13,17-18H2,1H3. The van der Waals surface area contributed by atoms with Gasteiger partial charge in [-0.2, -0.15) is 0 Å². The van der Waals surface area contributed by atoms with Crippen LogP contribution in [0.4, 0.5) is 0 Å². The minimum Gasteiger partial charge on any atom is -0.330 e. The summed E-state index contributed by atoms with van der Waals surface area (Å²) >= 11 is 0. The van der Waals surface area contributed by atoms with Crippen LogP contribution in [-0.2, 0) is 19.4 Å². The zero-order valence-corrected chi connectivity index (χ0v) is 13.9. The SMILES string of the molecule is CCCCCCCCCC(=O)OOC(=O)C(N)CCCCN. The Morgan fingerprint density at radius 1 is 0.909 bits per heavy atom. The molecule has 0 aliphatic carbocycles. The quantitative estimate of drug-likeness (QED) is 0.307. The Bertz CT molecular complexity index is 298. The molecule has 1 unspecified atom stereocenters. The number of carbonyl (C=O) groups excluding carboxylic acids is 2. The highest BCUT2D eigenvalue weighted by molar-refractivity contribution is 5.76. The van der Waals surface area contributed by atoms with Gasteiger partial charge < -0.3 is 11.5 Å². The van der Waals surface area contributed by atoms with Gasteiger partial charge in [0.15, 0.2) is 0 Å². The molecule has 0 radical (unpaired) electrons. The van der Waals surface area contributed by atoms with Gasteiger partial charge in [-0.3, -0.25) is 0 Å². The van der Waals surface area contributed by atoms with E-state index in [1.807, 2.05) is 0 Å². The van der Waals surface area contributed by atoms with Crippen LogP contribution in [0.3, 0.4) is 0 Å². The van der Waals surface area contributed by atoms with Crippen LogP contribution in [0.25, 0.3) is 0 Å². The second kappa shape index (κ2) is 14.8. The van der Waals surface area contributed by atoms with E-state index in [4.69, 9.17) is 11.5 Å². The van der Waals surface area contributed by atoms with Crippen molar-refractivity contribution in [1.29, 1.82) is 0 Å². The first-order valence-corrected chi connectivity index (χ1v) is 8.48. The lowest BCUT2D eigenvalue weighted by Crippen LogP contribution is -2.33. The molecule has 130 valence electrons. The molecule has 22 heavy (non-hydrogen) atoms. The Balaban J connectivity index is 3.53. The molecule has 0 heterocycles. The van der Waals surface area contributed by atoms with Gasteiger partial charge in [0.25, 0.3) is 0 Å². The van der Waals surface area contributed by atoms with Crippen molar-refractivity contribution in [3.8, 4) is 0 Å². The first-order valence-electron chi connectivity index (χ1n) is 8.48. The lowest BCUT2D eigenvalue weighted by Gasteiger charge is -2.09. The molecule has 0 bridgehead atoms. The molecule has 0 rings (SSSR count). The lowest BCUT2D eigenvalue weighted by molar-refractivity contribution is -0.260. The summed E-state index contributed by atoms with van der Waals surface area (Å²) in [5.74, 6) is -1.22. The topological polar surface area (TPSA) is 105 Å². The van der Waals surface area contributed by atoms with Crippen molar-refractivity contribution in [3.63, 3.8) is 0 Å². The molecular weight excluding hydrogens is 284 g/mol. The zero-order chi connectivity index (χ0) is 16.6. The summed E-state index contributed by atoms with van der Waals surface area (Å²) < 4.78 is 0. The summed E-state index contributed by atoms with van der Waals surface area (Å²) in [6.07, 6.45) is 10.1. The Hall–Kier alpha value is -1.14. The van der Waals surface area contributed by atoms with Crippen molar-refractivity contribution >= 4 is 11.9 Å². The number of nitrogens with two attached hydrogens (primary N) is 2. The molecule has 0 aromatic carbocycles. The highest BCUT2D eigenvalue weighted by Crippen LogP contribution is 2.09. The maximum Gasteiger partial charge on any atom is 0.372 e. The summed E-state index contributed by atoms with van der Waals surface area (Å²) in [6, 6.07) is -0.766. The van der Waals surface area contributed by atoms with Gasteiger partial charge in [0.05, 0.1) is 6.42 Å². The largest absolute Gasteiger partial charge is 0.372 e. The summed E-state index contributed by atoms with van der Waals surface area (Å²) in [4.78, 5) is 31.8. The fourth-order valence-electron chi connectivity index (χ4n) is 2.04. The van der Waals surface area contributed by atoms with Gasteiger partial charge in [-0.05, 0) is 25.8 Å². The van der Waals surface area contributed by atoms with Gasteiger partial charge in [0.2, 0.25) is 0 Å². The first-order chi connectivity index (χ1) is 10.6. The highest BCUT2D eigenvalue weighted by atomic mass is 17.2. The van der Waals surface area contributed by atoms with E-state index in [2.05, 4.69) is 16.7 Å². The lowest BCUT2D eigenvalue weighted by atomic mass is 10.1. The van der Waals surface area contributed by atoms with Crippen LogP contribution in [-0.4, -0.2) is 24.5 Å². The van der Waals surface area contributed by atoms with Gasteiger partial charge in [-0.15, -0.1) is 0 Å². The molecule has 0 aromatic heterocycles. The number of hydrogen-bond acceptors (Lipinski definition) is 6. The van der Waals surface area contributed by atoms with Crippen LogP contribution >= 0.6 is 0 Å². The molecule has 0 amide bonds. The van der Waals surface area contributed by atoms with E-state index < -0.39 is 18.0 Å². The van der Waals surface area contributed by atoms with Crippen molar-refractivity contribution in [1.82, 2.24) is 0 Å². The van der Waals surface area contributed by atoms with Gasteiger partial charge >= 0.3 is 11.9 Å². The maximum absolute atomic E-state index is 11.5. The van der Waals surface area contributed by atoms with E-state index in [1.165, 1.54) is 25.7 Å². The van der Waals surface area contributed by atoms with Crippen molar-refractivity contribution in [2.45, 2.75) is 83.6 Å². The van der Waals surface area contributed by atoms with E-state index in [0.717, 1.165) is 32.1 Å². The average Bonchev–Trinajstić information content (AvgIpc) is 2.51. The molecule has 0 saturated carbocycles. The minimum atomic E-state index is -0.766. The van der Waals surface area contributed by atoms with E-state index >= 15 is 0 Å². The van der Waals surface area contributed by atoms with Crippen LogP contribution in [0.1, 0.15) is 77.6 Å². The number of rotatable bonds is 13. The van der Waals surface area contributed by atoms with E-state index in [1.54, 1.807) is 0 Å². The molecule has 1 atom stereocenters. The number of carbonyl (C=O) groups is 2. The van der Waals surface area contributed by atoms with Crippen molar-refractivity contribution < 1.29 is 19.4 Å². The van der Waals surface area contributed by atoms with E-state index in [0.29, 0.717) is 13.0 Å². The summed E-state index contributed by atoms with van der Waals surface area (Å²) in [7, 11) is 0. The van der Waals surface area contributed by atoms with Crippen molar-refractivity contribution in [3.05, 3.63) is 0 Å². The second-order valence-corrected chi connectivity index (χ2v) is 5.62. The van der Waals surface area contributed by atoms with Crippen molar-refractivity contribution in [2.24, 2.45) is 11.5 Å². The van der Waals surface area contributed by atoms with Crippen molar-refractivity contribution in [2.75, 3.05) is 6.54 Å². The van der Waals surface area contributed by atoms with E-state index in [-0.39, 0.29) is 6.42 Å². The number of unbranched alkanes of at least 4 members (excludes halogenated alkanes) is 7. The summed E-state index contributed by atoms with van der Waals surface area (Å²) in [5.41, 5.74) is 11.0. The fraction of sp³-hybridized carbons (Fsp3) is 0.875. The Kier molecular flexibility index (Phi) is 14.0. The predicted octanol–water partition coefficient (Wildman–Crippen LogP) is 2.58. The Morgan fingerprint density at radius 3 is 2.18 bits per heavy atom. The Labute approximate surface area is 133 Å². The van der Waals surface area contributed by atoms with Crippen LogP contribution in [0, 0.1) is 0 Å². The zero-order valence-electron chi connectivity index (χ0n) is 13.9. The third kappa shape index (κ3) is 12.6. The number of hydrogen-bond donors (Lipinski definition) is 2. The fourth-order valence-corrected chi connectivity index (χ4v) is 2.04. The maximum atomic E-state index is 11.5. The molecule has 6 nitrogen and oxygen atoms in total. The molecule has 0 fully saturated rings. The normalized spacial score (nSPS) is 12.0. The van der Waals surface area contributed by atoms with Gasteiger partial charge in [-0.25, -0.2) is 19.4 Å². The van der Waals surface area contributed by atoms with Crippen LogP contribution in [0.2, 0.25) is 0 Å². The average molecular weight is 316 g/mol. The summed E-state index contributed by atoms with van der Waals surface area (Å²) in [6.45, 7) is 2.75. The molecule has 0 saturated heterocycles. The molecule has 0 aromatic rings. The monoisotopic (exact) mass is 316 g/mol.